The summed E-state index contributed by atoms with van der Waals surface area (Å²) in [6, 6.07) is 12.1. The molecule has 0 bridgehead atoms. The molecule has 0 aromatic heterocycles. The predicted molar refractivity (Wildman–Crippen MR) is 98.1 cm³/mol. The number of thioether (sulfide) groups is 1. The third-order valence-corrected chi connectivity index (χ3v) is 4.66. The van der Waals surface area contributed by atoms with E-state index in [1.807, 2.05) is 12.3 Å². The van der Waals surface area contributed by atoms with Crippen LogP contribution in [0.15, 0.2) is 51.8 Å². The first-order valence-electron chi connectivity index (χ1n) is 7.19. The van der Waals surface area contributed by atoms with Gasteiger partial charge in [-0.05, 0) is 43.5 Å². The Balaban J connectivity index is 2.14. The summed E-state index contributed by atoms with van der Waals surface area (Å²) in [5.41, 5.74) is 0.786. The van der Waals surface area contributed by atoms with Crippen molar-refractivity contribution in [2.75, 3.05) is 13.4 Å². The molecule has 0 aliphatic carbocycles. The third kappa shape index (κ3) is 4.39. The monoisotopic (exact) mass is 408 g/mol. The summed E-state index contributed by atoms with van der Waals surface area (Å²) in [5.74, 6) is -0.414. The zero-order chi connectivity index (χ0) is 17.7. The number of ether oxygens (including phenoxy) is 2. The Morgan fingerprint density at radius 3 is 2.38 bits per heavy atom. The molecule has 0 unspecified atom stereocenters. The quantitative estimate of drug-likeness (QED) is 0.396. The first-order valence-corrected chi connectivity index (χ1v) is 9.20. The van der Waals surface area contributed by atoms with Gasteiger partial charge in [-0.1, -0.05) is 28.1 Å². The number of Topliss-reactive ketones (excluding diaryl/α,β-unsaturated/α-hetero) is 1. The number of rotatable bonds is 6. The number of carbonyl (C=O) groups excluding carboxylic acids is 2. The van der Waals surface area contributed by atoms with Crippen LogP contribution in [0.2, 0.25) is 0 Å². The summed E-state index contributed by atoms with van der Waals surface area (Å²) in [7, 11) is 1.49. The number of methoxy groups -OCH3 is 1. The highest BCUT2D eigenvalue weighted by Gasteiger charge is 2.22. The molecule has 2 rings (SSSR count). The predicted octanol–water partition coefficient (Wildman–Crippen LogP) is 4.61. The molecule has 0 saturated heterocycles. The second-order valence-corrected chi connectivity index (χ2v) is 6.78. The number of esters is 1. The molecule has 0 spiro atoms. The summed E-state index contributed by atoms with van der Waals surface area (Å²) in [6.45, 7) is 1.56. The number of hydrogen-bond acceptors (Lipinski definition) is 5. The largest absolute Gasteiger partial charge is 0.496 e. The molecule has 2 aromatic carbocycles. The molecule has 0 fully saturated rings. The van der Waals surface area contributed by atoms with E-state index in [4.69, 9.17) is 9.47 Å². The van der Waals surface area contributed by atoms with Crippen LogP contribution >= 0.6 is 27.7 Å². The molecule has 0 amide bonds. The molecule has 6 heteroatoms. The van der Waals surface area contributed by atoms with Crippen molar-refractivity contribution in [1.29, 1.82) is 0 Å². The lowest BCUT2D eigenvalue weighted by Gasteiger charge is -2.14. The molecule has 0 N–H and O–H groups in total. The number of carbonyl (C=O) groups is 2. The van der Waals surface area contributed by atoms with Gasteiger partial charge in [-0.15, -0.1) is 11.8 Å². The topological polar surface area (TPSA) is 52.6 Å². The van der Waals surface area contributed by atoms with Crippen LogP contribution in [0.25, 0.3) is 0 Å². The zero-order valence-corrected chi connectivity index (χ0v) is 15.9. The van der Waals surface area contributed by atoms with E-state index in [0.29, 0.717) is 16.9 Å². The lowest BCUT2D eigenvalue weighted by atomic mass is 10.1. The minimum atomic E-state index is -0.886. The van der Waals surface area contributed by atoms with Gasteiger partial charge in [0.2, 0.25) is 5.78 Å². The zero-order valence-electron chi connectivity index (χ0n) is 13.5. The maximum absolute atomic E-state index is 12.4. The molecule has 0 aliphatic heterocycles. The van der Waals surface area contributed by atoms with Crippen LogP contribution in [0, 0.1) is 0 Å². The van der Waals surface area contributed by atoms with Crippen LogP contribution in [-0.2, 0) is 4.74 Å². The molecule has 1 atom stereocenters. The first-order chi connectivity index (χ1) is 11.5. The number of ketones is 1. The Morgan fingerprint density at radius 1 is 1.12 bits per heavy atom. The maximum Gasteiger partial charge on any atom is 0.342 e. The molecule has 0 heterocycles. The Kier molecular flexibility index (Phi) is 6.45. The van der Waals surface area contributed by atoms with Gasteiger partial charge in [0.15, 0.2) is 6.10 Å². The standard InChI is InChI=1S/C18H17BrO4S/c1-11(17(20)12-4-6-13(19)7-5-12)23-18(21)15-9-8-14(24-3)10-16(15)22-2/h4-11H,1-3H3/t11-/m0/s1. The van der Waals surface area contributed by atoms with Crippen molar-refractivity contribution in [3.05, 3.63) is 58.1 Å². The highest BCUT2D eigenvalue weighted by molar-refractivity contribution is 9.10. The van der Waals surface area contributed by atoms with Crippen LogP contribution in [-0.4, -0.2) is 31.2 Å². The Hall–Kier alpha value is -1.79. The van der Waals surface area contributed by atoms with Gasteiger partial charge >= 0.3 is 5.97 Å². The van der Waals surface area contributed by atoms with Crippen molar-refractivity contribution in [3.8, 4) is 5.75 Å². The van der Waals surface area contributed by atoms with E-state index < -0.39 is 12.1 Å². The molecule has 2 aromatic rings. The van der Waals surface area contributed by atoms with Gasteiger partial charge in [0.05, 0.1) is 7.11 Å². The van der Waals surface area contributed by atoms with Crippen LogP contribution in [0.1, 0.15) is 27.6 Å². The van der Waals surface area contributed by atoms with E-state index in [-0.39, 0.29) is 5.78 Å². The number of hydrogen-bond donors (Lipinski definition) is 0. The fraction of sp³-hybridized carbons (Fsp3) is 0.222. The second-order valence-electron chi connectivity index (χ2n) is 4.98. The second kappa shape index (κ2) is 8.35. The van der Waals surface area contributed by atoms with E-state index >= 15 is 0 Å². The van der Waals surface area contributed by atoms with E-state index in [0.717, 1.165) is 9.37 Å². The fourth-order valence-electron chi connectivity index (χ4n) is 2.09. The van der Waals surface area contributed by atoms with Crippen LogP contribution in [0.4, 0.5) is 0 Å². The summed E-state index contributed by atoms with van der Waals surface area (Å²) in [5, 5.41) is 0. The molecule has 0 aliphatic rings. The van der Waals surface area contributed by atoms with Gasteiger partial charge < -0.3 is 9.47 Å². The average molecular weight is 409 g/mol. The van der Waals surface area contributed by atoms with Crippen molar-refractivity contribution in [3.63, 3.8) is 0 Å². The average Bonchev–Trinajstić information content (AvgIpc) is 2.60. The van der Waals surface area contributed by atoms with Gasteiger partial charge in [-0.25, -0.2) is 4.79 Å². The van der Waals surface area contributed by atoms with Gasteiger partial charge in [0, 0.05) is 14.9 Å². The summed E-state index contributed by atoms with van der Waals surface area (Å²) in [4.78, 5) is 25.7. The van der Waals surface area contributed by atoms with Gasteiger partial charge in [-0.2, -0.15) is 0 Å². The molecular weight excluding hydrogens is 392 g/mol. The van der Waals surface area contributed by atoms with E-state index in [1.165, 1.54) is 7.11 Å². The summed E-state index contributed by atoms with van der Waals surface area (Å²) < 4.78 is 11.4. The van der Waals surface area contributed by atoms with Gasteiger partial charge in [0.25, 0.3) is 0 Å². The van der Waals surface area contributed by atoms with E-state index in [9.17, 15) is 9.59 Å². The molecule has 0 saturated carbocycles. The van der Waals surface area contributed by atoms with Crippen molar-refractivity contribution >= 4 is 39.4 Å². The van der Waals surface area contributed by atoms with Crippen LogP contribution in [0.5, 0.6) is 5.75 Å². The lowest BCUT2D eigenvalue weighted by molar-refractivity contribution is 0.0316. The summed E-state index contributed by atoms with van der Waals surface area (Å²) in [6.07, 6.45) is 1.05. The van der Waals surface area contributed by atoms with Crippen molar-refractivity contribution < 1.29 is 19.1 Å². The smallest absolute Gasteiger partial charge is 0.342 e. The molecule has 0 radical (unpaired) electrons. The van der Waals surface area contributed by atoms with Gasteiger partial charge in [0.1, 0.15) is 11.3 Å². The highest BCUT2D eigenvalue weighted by Crippen LogP contribution is 2.26. The van der Waals surface area contributed by atoms with Crippen molar-refractivity contribution in [2.24, 2.45) is 0 Å². The molecule has 126 valence electrons. The van der Waals surface area contributed by atoms with Crippen LogP contribution < -0.4 is 4.74 Å². The van der Waals surface area contributed by atoms with Crippen LogP contribution in [0.3, 0.4) is 0 Å². The Bertz CT molecular complexity index is 743. The fourth-order valence-corrected chi connectivity index (χ4v) is 2.79. The minimum Gasteiger partial charge on any atom is -0.496 e. The van der Waals surface area contributed by atoms with Crippen molar-refractivity contribution in [2.45, 2.75) is 17.9 Å². The highest BCUT2D eigenvalue weighted by atomic mass is 79.9. The first kappa shape index (κ1) is 18.5. The maximum atomic E-state index is 12.4. The lowest BCUT2D eigenvalue weighted by Crippen LogP contribution is -2.24. The van der Waals surface area contributed by atoms with Gasteiger partial charge in [-0.3, -0.25) is 4.79 Å². The SMILES string of the molecule is COc1cc(SC)ccc1C(=O)O[C@@H](C)C(=O)c1ccc(Br)cc1. The normalized spacial score (nSPS) is 11.7. The van der Waals surface area contributed by atoms with Crippen molar-refractivity contribution in [1.82, 2.24) is 0 Å². The Morgan fingerprint density at radius 2 is 1.79 bits per heavy atom. The number of halogens is 1. The molecule has 4 nitrogen and oxygen atoms in total. The molecule has 24 heavy (non-hydrogen) atoms. The van der Waals surface area contributed by atoms with E-state index in [1.54, 1.807) is 55.1 Å². The molecular formula is C18H17BrO4S. The number of benzene rings is 2. The third-order valence-electron chi connectivity index (χ3n) is 3.41. The van der Waals surface area contributed by atoms with E-state index in [2.05, 4.69) is 15.9 Å². The Labute approximate surface area is 153 Å². The minimum absolute atomic E-state index is 0.254. The summed E-state index contributed by atoms with van der Waals surface area (Å²) >= 11 is 4.86.